The second kappa shape index (κ2) is 5.29. The number of hydrogen-bond acceptors (Lipinski definition) is 6. The van der Waals surface area contributed by atoms with Crippen LogP contribution < -0.4 is 5.73 Å². The summed E-state index contributed by atoms with van der Waals surface area (Å²) in [6.07, 6.45) is 5.42. The Kier molecular flexibility index (Phi) is 3.12. The number of nitrogens with two attached hydrogens (primary N) is 1. The smallest absolute Gasteiger partial charge is 0.268 e. The van der Waals surface area contributed by atoms with Gasteiger partial charge in [0.15, 0.2) is 0 Å². The molecule has 0 aromatic carbocycles. The minimum Gasteiger partial charge on any atom is -0.364 e. The van der Waals surface area contributed by atoms with Crippen LogP contribution in [0.25, 0.3) is 22.3 Å². The number of nitrogens with zero attached hydrogens (tertiary/aromatic N) is 5. The van der Waals surface area contributed by atoms with Gasteiger partial charge in [0.1, 0.15) is 16.4 Å². The number of carbonyl (C=O) groups excluding carboxylic acids is 1. The van der Waals surface area contributed by atoms with Gasteiger partial charge in [0.2, 0.25) is 0 Å². The third kappa shape index (κ3) is 2.57. The number of aromatic amines is 1. The molecule has 0 unspecified atom stereocenters. The molecule has 114 valence electrons. The Morgan fingerprint density at radius 3 is 3.17 bits per heavy atom. The highest BCUT2D eigenvalue weighted by Gasteiger charge is 2.10. The third-order valence-electron chi connectivity index (χ3n) is 3.33. The number of hydrogen-bond donors (Lipinski definition) is 2. The van der Waals surface area contributed by atoms with E-state index in [9.17, 15) is 4.79 Å². The third-order valence-corrected chi connectivity index (χ3v) is 4.17. The summed E-state index contributed by atoms with van der Waals surface area (Å²) in [5.74, 6) is -0.530. The molecule has 0 radical (unpaired) electrons. The van der Waals surface area contributed by atoms with Gasteiger partial charge < -0.3 is 10.7 Å². The molecule has 1 amide bonds. The molecule has 9 heteroatoms. The standard InChI is InChI=1S/C14H11N7OS/c15-14(22)12-7-23-13(18-12)6-21-5-11(19-20-21)8-3-10-9(17-4-8)1-2-16-10/h1-5,7,16H,6H2,(H2,15,22). The summed E-state index contributed by atoms with van der Waals surface area (Å²) in [5, 5.41) is 10.6. The SMILES string of the molecule is NC(=O)c1csc(Cn2cc(-c3cnc4cc[nH]c4c3)nn2)n1. The number of primary amides is 1. The van der Waals surface area contributed by atoms with E-state index in [2.05, 4.69) is 25.3 Å². The van der Waals surface area contributed by atoms with Gasteiger partial charge in [-0.1, -0.05) is 5.21 Å². The largest absolute Gasteiger partial charge is 0.364 e. The lowest BCUT2D eigenvalue weighted by molar-refractivity contribution is 0.0996. The molecule has 3 N–H and O–H groups in total. The van der Waals surface area contributed by atoms with Gasteiger partial charge >= 0.3 is 0 Å². The Morgan fingerprint density at radius 1 is 1.43 bits per heavy atom. The van der Waals surface area contributed by atoms with Gasteiger partial charge in [-0.05, 0) is 12.1 Å². The molecule has 0 bridgehead atoms. The number of nitrogens with one attached hydrogen (secondary N) is 1. The lowest BCUT2D eigenvalue weighted by Gasteiger charge is -1.96. The highest BCUT2D eigenvalue weighted by molar-refractivity contribution is 7.09. The Bertz CT molecular complexity index is 999. The van der Waals surface area contributed by atoms with E-state index in [1.54, 1.807) is 16.3 Å². The van der Waals surface area contributed by atoms with Crippen LogP contribution in [0.3, 0.4) is 0 Å². The molecule has 0 aliphatic carbocycles. The van der Waals surface area contributed by atoms with E-state index in [0.29, 0.717) is 6.54 Å². The maximum absolute atomic E-state index is 11.1. The van der Waals surface area contributed by atoms with Crippen molar-refractivity contribution in [3.05, 3.63) is 46.8 Å². The van der Waals surface area contributed by atoms with Gasteiger partial charge in [-0.2, -0.15) is 0 Å². The second-order valence-electron chi connectivity index (χ2n) is 4.93. The van der Waals surface area contributed by atoms with Crippen molar-refractivity contribution in [2.45, 2.75) is 6.54 Å². The summed E-state index contributed by atoms with van der Waals surface area (Å²) in [7, 11) is 0. The number of rotatable bonds is 4. The van der Waals surface area contributed by atoms with Crippen molar-refractivity contribution in [3.8, 4) is 11.3 Å². The summed E-state index contributed by atoms with van der Waals surface area (Å²) in [6, 6.07) is 3.89. The van der Waals surface area contributed by atoms with E-state index < -0.39 is 5.91 Å². The van der Waals surface area contributed by atoms with E-state index in [1.165, 1.54) is 11.3 Å². The summed E-state index contributed by atoms with van der Waals surface area (Å²) >= 11 is 1.36. The number of pyridine rings is 1. The molecule has 4 heterocycles. The molecule has 0 aliphatic heterocycles. The molecule has 0 spiro atoms. The lowest BCUT2D eigenvalue weighted by Crippen LogP contribution is -2.11. The van der Waals surface area contributed by atoms with Crippen molar-refractivity contribution in [3.63, 3.8) is 0 Å². The average molecular weight is 325 g/mol. The van der Waals surface area contributed by atoms with Crippen LogP contribution in [-0.2, 0) is 6.54 Å². The summed E-state index contributed by atoms with van der Waals surface area (Å²) in [4.78, 5) is 22.7. The minimum atomic E-state index is -0.530. The molecule has 0 fully saturated rings. The Hall–Kier alpha value is -3.07. The van der Waals surface area contributed by atoms with Gasteiger partial charge in [0, 0.05) is 23.3 Å². The predicted molar refractivity (Wildman–Crippen MR) is 84.8 cm³/mol. The van der Waals surface area contributed by atoms with Crippen LogP contribution in [0.5, 0.6) is 0 Å². The van der Waals surface area contributed by atoms with Crippen molar-refractivity contribution >= 4 is 28.3 Å². The Balaban J connectivity index is 1.59. The van der Waals surface area contributed by atoms with Crippen molar-refractivity contribution in [2.24, 2.45) is 5.73 Å². The first-order chi connectivity index (χ1) is 11.2. The van der Waals surface area contributed by atoms with E-state index >= 15 is 0 Å². The molecule has 0 saturated carbocycles. The molecule has 4 aromatic rings. The van der Waals surface area contributed by atoms with Crippen LogP contribution >= 0.6 is 11.3 Å². The molecular weight excluding hydrogens is 314 g/mol. The first kappa shape index (κ1) is 13.6. The molecule has 0 aliphatic rings. The number of thiazole rings is 1. The lowest BCUT2D eigenvalue weighted by atomic mass is 10.2. The first-order valence-electron chi connectivity index (χ1n) is 6.77. The number of carbonyl (C=O) groups is 1. The quantitative estimate of drug-likeness (QED) is 0.589. The van der Waals surface area contributed by atoms with Crippen molar-refractivity contribution in [1.29, 1.82) is 0 Å². The fraction of sp³-hybridized carbons (Fsp3) is 0.0714. The number of H-pyrrole nitrogens is 1. The molecule has 4 aromatic heterocycles. The van der Waals surface area contributed by atoms with Gasteiger partial charge in [-0.3, -0.25) is 9.78 Å². The molecule has 23 heavy (non-hydrogen) atoms. The maximum Gasteiger partial charge on any atom is 0.268 e. The van der Waals surface area contributed by atoms with Crippen LogP contribution in [0.4, 0.5) is 0 Å². The Labute approximate surface area is 134 Å². The van der Waals surface area contributed by atoms with E-state index in [1.807, 2.05) is 24.5 Å². The van der Waals surface area contributed by atoms with Gasteiger partial charge in [0.25, 0.3) is 5.91 Å². The molecular formula is C14H11N7OS. The van der Waals surface area contributed by atoms with Crippen molar-refractivity contribution in [2.75, 3.05) is 0 Å². The fourth-order valence-corrected chi connectivity index (χ4v) is 2.99. The number of aromatic nitrogens is 6. The summed E-state index contributed by atoms with van der Waals surface area (Å²) in [5.41, 5.74) is 8.92. The highest BCUT2D eigenvalue weighted by atomic mass is 32.1. The zero-order chi connectivity index (χ0) is 15.8. The maximum atomic E-state index is 11.1. The first-order valence-corrected chi connectivity index (χ1v) is 7.65. The van der Waals surface area contributed by atoms with Crippen LogP contribution in [0.15, 0.2) is 36.1 Å². The molecule has 4 rings (SSSR count). The van der Waals surface area contributed by atoms with Crippen LogP contribution in [0.2, 0.25) is 0 Å². The molecule has 0 atom stereocenters. The van der Waals surface area contributed by atoms with Crippen LogP contribution in [0.1, 0.15) is 15.5 Å². The monoisotopic (exact) mass is 325 g/mol. The van der Waals surface area contributed by atoms with Crippen molar-refractivity contribution < 1.29 is 4.79 Å². The van der Waals surface area contributed by atoms with Gasteiger partial charge in [-0.15, -0.1) is 16.4 Å². The van der Waals surface area contributed by atoms with Crippen LogP contribution in [0, 0.1) is 0 Å². The summed E-state index contributed by atoms with van der Waals surface area (Å²) in [6.45, 7) is 0.434. The Morgan fingerprint density at radius 2 is 2.35 bits per heavy atom. The highest BCUT2D eigenvalue weighted by Crippen LogP contribution is 2.20. The zero-order valence-electron chi connectivity index (χ0n) is 11.8. The van der Waals surface area contributed by atoms with E-state index in [0.717, 1.165) is 27.3 Å². The summed E-state index contributed by atoms with van der Waals surface area (Å²) < 4.78 is 1.66. The predicted octanol–water partition coefficient (Wildman–Crippen LogP) is 1.43. The molecule has 8 nitrogen and oxygen atoms in total. The van der Waals surface area contributed by atoms with Crippen molar-refractivity contribution in [1.82, 2.24) is 29.9 Å². The topological polar surface area (TPSA) is 115 Å². The minimum absolute atomic E-state index is 0.270. The van der Waals surface area contributed by atoms with Gasteiger partial charge in [-0.25, -0.2) is 9.67 Å². The zero-order valence-corrected chi connectivity index (χ0v) is 12.6. The normalized spacial score (nSPS) is 11.1. The van der Waals surface area contributed by atoms with Crippen LogP contribution in [-0.4, -0.2) is 35.9 Å². The second-order valence-corrected chi connectivity index (χ2v) is 5.87. The number of amides is 1. The average Bonchev–Trinajstić information content (AvgIpc) is 3.27. The van der Waals surface area contributed by atoms with E-state index in [-0.39, 0.29) is 5.69 Å². The number of fused-ring (bicyclic) bond motifs is 1. The van der Waals surface area contributed by atoms with Gasteiger partial charge in [0.05, 0.1) is 23.8 Å². The molecule has 0 saturated heterocycles. The van der Waals surface area contributed by atoms with E-state index in [4.69, 9.17) is 5.73 Å². The fourth-order valence-electron chi connectivity index (χ4n) is 2.22.